The predicted octanol–water partition coefficient (Wildman–Crippen LogP) is 3.54. The number of ether oxygens (including phenoxy) is 2. The van der Waals surface area contributed by atoms with Crippen LogP contribution in [0.2, 0.25) is 0 Å². The van der Waals surface area contributed by atoms with Crippen LogP contribution in [0.4, 0.5) is 0 Å². The Kier molecular flexibility index (Phi) is 5.63. The van der Waals surface area contributed by atoms with Gasteiger partial charge >= 0.3 is 0 Å². The lowest BCUT2D eigenvalue weighted by Crippen LogP contribution is -2.26. The Balaban J connectivity index is 2.12. The van der Waals surface area contributed by atoms with E-state index in [2.05, 4.69) is 31.2 Å². The monoisotopic (exact) mass is 313 g/mol. The summed E-state index contributed by atoms with van der Waals surface area (Å²) in [5, 5.41) is 0. The van der Waals surface area contributed by atoms with Crippen LogP contribution in [0.15, 0.2) is 42.5 Å². The van der Waals surface area contributed by atoms with Crippen LogP contribution in [0.25, 0.3) is 0 Å². The molecule has 1 amide bonds. The van der Waals surface area contributed by atoms with E-state index in [1.54, 1.807) is 44.4 Å². The summed E-state index contributed by atoms with van der Waals surface area (Å²) in [5.74, 6) is 1.12. The Labute approximate surface area is 137 Å². The zero-order chi connectivity index (χ0) is 16.8. The number of amides is 1. The first-order chi connectivity index (χ1) is 11.1. The third-order valence-electron chi connectivity index (χ3n) is 3.83. The van der Waals surface area contributed by atoms with E-state index >= 15 is 0 Å². The summed E-state index contributed by atoms with van der Waals surface area (Å²) in [5.41, 5.74) is 2.98. The standard InChI is InChI=1S/C19H23NO3/c1-5-14-6-8-15(9-7-14)13-20(2)19(21)16-10-11-17(22-3)18(12-16)23-4/h6-12H,5,13H2,1-4H3. The molecule has 0 aliphatic carbocycles. The van der Waals surface area contributed by atoms with E-state index < -0.39 is 0 Å². The minimum Gasteiger partial charge on any atom is -0.493 e. The van der Waals surface area contributed by atoms with Crippen LogP contribution in [-0.4, -0.2) is 32.1 Å². The molecule has 0 N–H and O–H groups in total. The van der Waals surface area contributed by atoms with Crippen molar-refractivity contribution in [3.8, 4) is 11.5 Å². The van der Waals surface area contributed by atoms with E-state index in [1.165, 1.54) is 5.56 Å². The molecule has 0 saturated heterocycles. The highest BCUT2D eigenvalue weighted by molar-refractivity contribution is 5.94. The lowest BCUT2D eigenvalue weighted by Gasteiger charge is -2.18. The zero-order valence-corrected chi connectivity index (χ0v) is 14.1. The number of hydrogen-bond acceptors (Lipinski definition) is 3. The van der Waals surface area contributed by atoms with Crippen molar-refractivity contribution in [3.63, 3.8) is 0 Å². The first kappa shape index (κ1) is 16.9. The van der Waals surface area contributed by atoms with E-state index in [1.807, 2.05) is 0 Å². The molecule has 122 valence electrons. The number of aryl methyl sites for hydroxylation is 1. The number of methoxy groups -OCH3 is 2. The number of nitrogens with zero attached hydrogens (tertiary/aromatic N) is 1. The van der Waals surface area contributed by atoms with Crippen molar-refractivity contribution in [2.75, 3.05) is 21.3 Å². The summed E-state index contributed by atoms with van der Waals surface area (Å²) in [6, 6.07) is 13.5. The number of carbonyl (C=O) groups is 1. The van der Waals surface area contributed by atoms with Crippen LogP contribution in [0.3, 0.4) is 0 Å². The molecule has 0 saturated carbocycles. The summed E-state index contributed by atoms with van der Waals surface area (Å²) in [6.07, 6.45) is 1.01. The number of carbonyl (C=O) groups excluding carboxylic acids is 1. The first-order valence-electron chi connectivity index (χ1n) is 7.64. The molecule has 0 fully saturated rings. The van der Waals surface area contributed by atoms with E-state index in [4.69, 9.17) is 9.47 Å². The van der Waals surface area contributed by atoms with E-state index in [9.17, 15) is 4.79 Å². The molecule has 4 nitrogen and oxygen atoms in total. The Bertz CT molecular complexity index is 665. The Hall–Kier alpha value is -2.49. The third kappa shape index (κ3) is 4.03. The van der Waals surface area contributed by atoms with Gasteiger partial charge < -0.3 is 14.4 Å². The molecule has 2 aromatic rings. The molecular formula is C19H23NO3. The van der Waals surface area contributed by atoms with Gasteiger partial charge in [-0.3, -0.25) is 4.79 Å². The highest BCUT2D eigenvalue weighted by Crippen LogP contribution is 2.28. The molecule has 0 unspecified atom stereocenters. The SMILES string of the molecule is CCc1ccc(CN(C)C(=O)c2ccc(OC)c(OC)c2)cc1. The minimum atomic E-state index is -0.0504. The fraction of sp³-hybridized carbons (Fsp3) is 0.316. The fourth-order valence-corrected chi connectivity index (χ4v) is 2.42. The molecule has 2 aromatic carbocycles. The van der Waals surface area contributed by atoms with Crippen LogP contribution in [-0.2, 0) is 13.0 Å². The van der Waals surface area contributed by atoms with Gasteiger partial charge in [0, 0.05) is 19.2 Å². The summed E-state index contributed by atoms with van der Waals surface area (Å²) in [6.45, 7) is 2.69. The zero-order valence-electron chi connectivity index (χ0n) is 14.1. The topological polar surface area (TPSA) is 38.8 Å². The van der Waals surface area contributed by atoms with E-state index in [-0.39, 0.29) is 5.91 Å². The van der Waals surface area contributed by atoms with Crippen molar-refractivity contribution in [1.82, 2.24) is 4.90 Å². The van der Waals surface area contributed by atoms with Gasteiger partial charge in [0.2, 0.25) is 0 Å². The lowest BCUT2D eigenvalue weighted by molar-refractivity contribution is 0.0784. The number of rotatable bonds is 6. The molecule has 0 atom stereocenters. The van der Waals surface area contributed by atoms with Gasteiger partial charge in [0.1, 0.15) is 0 Å². The van der Waals surface area contributed by atoms with Gasteiger partial charge in [0.05, 0.1) is 14.2 Å². The Morgan fingerprint density at radius 2 is 1.57 bits per heavy atom. The van der Waals surface area contributed by atoms with Crippen molar-refractivity contribution in [3.05, 3.63) is 59.2 Å². The Morgan fingerprint density at radius 3 is 2.13 bits per heavy atom. The third-order valence-corrected chi connectivity index (χ3v) is 3.83. The summed E-state index contributed by atoms with van der Waals surface area (Å²) in [7, 11) is 4.93. The van der Waals surface area contributed by atoms with Gasteiger partial charge in [0.15, 0.2) is 11.5 Å². The largest absolute Gasteiger partial charge is 0.493 e. The van der Waals surface area contributed by atoms with Crippen molar-refractivity contribution in [2.24, 2.45) is 0 Å². The fourth-order valence-electron chi connectivity index (χ4n) is 2.42. The molecule has 23 heavy (non-hydrogen) atoms. The quantitative estimate of drug-likeness (QED) is 0.819. The molecule has 0 radical (unpaired) electrons. The highest BCUT2D eigenvalue weighted by atomic mass is 16.5. The summed E-state index contributed by atoms with van der Waals surface area (Å²) in [4.78, 5) is 14.3. The van der Waals surface area contributed by atoms with E-state index in [0.717, 1.165) is 12.0 Å². The second-order valence-electron chi connectivity index (χ2n) is 5.40. The minimum absolute atomic E-state index is 0.0504. The highest BCUT2D eigenvalue weighted by Gasteiger charge is 2.15. The maximum Gasteiger partial charge on any atom is 0.254 e. The maximum absolute atomic E-state index is 12.6. The molecule has 0 aliphatic rings. The number of hydrogen-bond donors (Lipinski definition) is 0. The van der Waals surface area contributed by atoms with Crippen LogP contribution >= 0.6 is 0 Å². The summed E-state index contributed by atoms with van der Waals surface area (Å²) >= 11 is 0. The van der Waals surface area contributed by atoms with Crippen LogP contribution in [0.5, 0.6) is 11.5 Å². The average molecular weight is 313 g/mol. The van der Waals surface area contributed by atoms with Crippen molar-refractivity contribution in [2.45, 2.75) is 19.9 Å². The second kappa shape index (κ2) is 7.68. The molecule has 2 rings (SSSR count). The van der Waals surface area contributed by atoms with E-state index in [0.29, 0.717) is 23.6 Å². The van der Waals surface area contributed by atoms with Crippen molar-refractivity contribution < 1.29 is 14.3 Å². The van der Waals surface area contributed by atoms with Crippen molar-refractivity contribution >= 4 is 5.91 Å². The molecule has 0 aliphatic heterocycles. The molecule has 0 heterocycles. The predicted molar refractivity (Wildman–Crippen MR) is 91.2 cm³/mol. The number of benzene rings is 2. The molecule has 0 aromatic heterocycles. The smallest absolute Gasteiger partial charge is 0.254 e. The molecular weight excluding hydrogens is 290 g/mol. The molecule has 0 bridgehead atoms. The van der Waals surface area contributed by atoms with Gasteiger partial charge in [-0.2, -0.15) is 0 Å². The van der Waals surface area contributed by atoms with Crippen LogP contribution < -0.4 is 9.47 Å². The van der Waals surface area contributed by atoms with Gasteiger partial charge in [0.25, 0.3) is 5.91 Å². The van der Waals surface area contributed by atoms with Crippen LogP contribution in [0, 0.1) is 0 Å². The second-order valence-corrected chi connectivity index (χ2v) is 5.40. The summed E-state index contributed by atoms with van der Waals surface area (Å²) < 4.78 is 10.5. The lowest BCUT2D eigenvalue weighted by atomic mass is 10.1. The van der Waals surface area contributed by atoms with Gasteiger partial charge in [-0.1, -0.05) is 31.2 Å². The van der Waals surface area contributed by atoms with Gasteiger partial charge in [-0.25, -0.2) is 0 Å². The maximum atomic E-state index is 12.6. The van der Waals surface area contributed by atoms with Gasteiger partial charge in [-0.05, 0) is 35.7 Å². The average Bonchev–Trinajstić information content (AvgIpc) is 2.61. The van der Waals surface area contributed by atoms with Crippen molar-refractivity contribution in [1.29, 1.82) is 0 Å². The first-order valence-corrected chi connectivity index (χ1v) is 7.64. The molecule has 4 heteroatoms. The van der Waals surface area contributed by atoms with Crippen LogP contribution in [0.1, 0.15) is 28.4 Å². The Morgan fingerprint density at radius 1 is 0.957 bits per heavy atom. The normalized spacial score (nSPS) is 10.3. The molecule has 0 spiro atoms. The van der Waals surface area contributed by atoms with Gasteiger partial charge in [-0.15, -0.1) is 0 Å².